The van der Waals surface area contributed by atoms with E-state index in [2.05, 4.69) is 49.0 Å². The fourth-order valence-electron chi connectivity index (χ4n) is 2.72. The van der Waals surface area contributed by atoms with Crippen molar-refractivity contribution in [3.63, 3.8) is 0 Å². The summed E-state index contributed by atoms with van der Waals surface area (Å²) in [5, 5.41) is 0. The van der Waals surface area contributed by atoms with Crippen LogP contribution < -0.4 is 10.6 Å². The third kappa shape index (κ3) is 2.85. The summed E-state index contributed by atoms with van der Waals surface area (Å²) in [6, 6.07) is 7.30. The van der Waals surface area contributed by atoms with E-state index in [9.17, 15) is 0 Å². The molecule has 2 N–H and O–H groups in total. The number of piperidine rings is 1. The molecule has 1 aromatic carbocycles. The number of anilines is 1. The van der Waals surface area contributed by atoms with E-state index in [1.807, 2.05) is 0 Å². The summed E-state index contributed by atoms with van der Waals surface area (Å²) < 4.78 is 0. The molecular weight excluding hydrogens is 222 g/mol. The van der Waals surface area contributed by atoms with Gasteiger partial charge in [0.2, 0.25) is 0 Å². The largest absolute Gasteiger partial charge is 0.372 e. The molecule has 0 amide bonds. The molecule has 1 aromatic rings. The van der Waals surface area contributed by atoms with Gasteiger partial charge in [-0.2, -0.15) is 0 Å². The average Bonchev–Trinajstić information content (AvgIpc) is 2.38. The van der Waals surface area contributed by atoms with Crippen LogP contribution in [0.3, 0.4) is 0 Å². The molecule has 1 saturated heterocycles. The molecular formula is C15H25N3. The van der Waals surface area contributed by atoms with Crippen molar-refractivity contribution in [2.45, 2.75) is 32.4 Å². The highest BCUT2D eigenvalue weighted by atomic mass is 15.2. The summed E-state index contributed by atoms with van der Waals surface area (Å²) in [6.45, 7) is 5.18. The molecule has 3 nitrogen and oxygen atoms in total. The van der Waals surface area contributed by atoms with E-state index < -0.39 is 0 Å². The van der Waals surface area contributed by atoms with Gasteiger partial charge in [-0.25, -0.2) is 0 Å². The van der Waals surface area contributed by atoms with Gasteiger partial charge in [0.25, 0.3) is 0 Å². The highest BCUT2D eigenvalue weighted by Crippen LogP contribution is 2.23. The summed E-state index contributed by atoms with van der Waals surface area (Å²) in [4.78, 5) is 4.84. The minimum atomic E-state index is 0.629. The Morgan fingerprint density at radius 1 is 1.33 bits per heavy atom. The van der Waals surface area contributed by atoms with Crippen molar-refractivity contribution in [2.75, 3.05) is 32.1 Å². The Bertz CT molecular complexity index is 395. The number of rotatable bonds is 3. The molecule has 100 valence electrons. The van der Waals surface area contributed by atoms with Crippen LogP contribution in [-0.4, -0.2) is 38.1 Å². The molecule has 18 heavy (non-hydrogen) atoms. The minimum absolute atomic E-state index is 0.629. The first-order valence-electron chi connectivity index (χ1n) is 6.83. The maximum absolute atomic E-state index is 5.72. The highest BCUT2D eigenvalue weighted by molar-refractivity contribution is 5.51. The van der Waals surface area contributed by atoms with E-state index in [1.54, 1.807) is 0 Å². The fraction of sp³-hybridized carbons (Fsp3) is 0.600. The van der Waals surface area contributed by atoms with Crippen molar-refractivity contribution < 1.29 is 0 Å². The van der Waals surface area contributed by atoms with Crippen molar-refractivity contribution in [1.29, 1.82) is 0 Å². The van der Waals surface area contributed by atoms with Gasteiger partial charge in [-0.05, 0) is 63.2 Å². The average molecular weight is 247 g/mol. The lowest BCUT2D eigenvalue weighted by Gasteiger charge is -2.36. The first-order valence-corrected chi connectivity index (χ1v) is 6.83. The quantitative estimate of drug-likeness (QED) is 0.886. The summed E-state index contributed by atoms with van der Waals surface area (Å²) in [6.07, 6.45) is 2.51. The molecule has 3 heteroatoms. The predicted octanol–water partition coefficient (Wildman–Crippen LogP) is 1.98. The van der Waals surface area contributed by atoms with Gasteiger partial charge in [0.1, 0.15) is 0 Å². The van der Waals surface area contributed by atoms with Gasteiger partial charge in [-0.1, -0.05) is 6.07 Å². The Labute approximate surface area is 111 Å². The van der Waals surface area contributed by atoms with Gasteiger partial charge in [-0.15, -0.1) is 0 Å². The van der Waals surface area contributed by atoms with E-state index in [0.717, 1.165) is 0 Å². The Balaban J connectivity index is 2.08. The maximum atomic E-state index is 5.72. The van der Waals surface area contributed by atoms with Gasteiger partial charge >= 0.3 is 0 Å². The molecule has 1 fully saturated rings. The summed E-state index contributed by atoms with van der Waals surface area (Å²) in [5.74, 6) is 0. The van der Waals surface area contributed by atoms with Crippen molar-refractivity contribution in [3.8, 4) is 0 Å². The van der Waals surface area contributed by atoms with E-state index in [-0.39, 0.29) is 0 Å². The van der Waals surface area contributed by atoms with Crippen LogP contribution in [0.2, 0.25) is 0 Å². The first-order chi connectivity index (χ1) is 8.61. The topological polar surface area (TPSA) is 32.5 Å². The van der Waals surface area contributed by atoms with Gasteiger partial charge in [0.15, 0.2) is 0 Å². The number of aryl methyl sites for hydroxylation is 1. The Morgan fingerprint density at radius 2 is 2.00 bits per heavy atom. The number of nitrogens with zero attached hydrogens (tertiary/aromatic N) is 2. The van der Waals surface area contributed by atoms with Gasteiger partial charge in [0, 0.05) is 25.3 Å². The van der Waals surface area contributed by atoms with Crippen molar-refractivity contribution in [1.82, 2.24) is 4.90 Å². The molecule has 1 heterocycles. The zero-order valence-corrected chi connectivity index (χ0v) is 11.8. The Kier molecular flexibility index (Phi) is 4.25. The Morgan fingerprint density at radius 3 is 2.56 bits per heavy atom. The summed E-state index contributed by atoms with van der Waals surface area (Å²) in [5.41, 5.74) is 9.58. The van der Waals surface area contributed by atoms with Crippen molar-refractivity contribution >= 4 is 5.69 Å². The monoisotopic (exact) mass is 247 g/mol. The molecule has 0 saturated carbocycles. The standard InChI is InChI=1S/C15H25N3/c1-12-10-15(5-4-13(12)11-16)18(3)14-6-8-17(2)9-7-14/h4-5,10,14H,6-9,11,16H2,1-3H3. The molecule has 0 unspecified atom stereocenters. The van der Waals surface area contributed by atoms with Crippen molar-refractivity contribution in [2.24, 2.45) is 5.73 Å². The van der Waals surface area contributed by atoms with Crippen LogP contribution in [0.15, 0.2) is 18.2 Å². The van der Waals surface area contributed by atoms with Crippen LogP contribution in [0.5, 0.6) is 0 Å². The lowest BCUT2D eigenvalue weighted by atomic mass is 10.0. The Hall–Kier alpha value is -1.06. The smallest absolute Gasteiger partial charge is 0.0368 e. The number of benzene rings is 1. The van der Waals surface area contributed by atoms with Crippen LogP contribution in [0.25, 0.3) is 0 Å². The molecule has 0 radical (unpaired) electrons. The van der Waals surface area contributed by atoms with Crippen LogP contribution in [0, 0.1) is 6.92 Å². The minimum Gasteiger partial charge on any atom is -0.372 e. The molecule has 0 bridgehead atoms. The SMILES string of the molecule is Cc1cc(N(C)C2CCN(C)CC2)ccc1CN. The predicted molar refractivity (Wildman–Crippen MR) is 78.0 cm³/mol. The number of nitrogens with two attached hydrogens (primary N) is 1. The number of hydrogen-bond donors (Lipinski definition) is 1. The maximum Gasteiger partial charge on any atom is 0.0368 e. The molecule has 0 atom stereocenters. The third-order valence-electron chi connectivity index (χ3n) is 4.19. The third-order valence-corrected chi connectivity index (χ3v) is 4.19. The molecule has 1 aliphatic heterocycles. The fourth-order valence-corrected chi connectivity index (χ4v) is 2.72. The second kappa shape index (κ2) is 5.72. The van der Waals surface area contributed by atoms with E-state index in [4.69, 9.17) is 5.73 Å². The molecule has 0 spiro atoms. The summed E-state index contributed by atoms with van der Waals surface area (Å²) >= 11 is 0. The van der Waals surface area contributed by atoms with E-state index in [1.165, 1.54) is 42.7 Å². The normalized spacial score (nSPS) is 18.0. The van der Waals surface area contributed by atoms with Crippen LogP contribution in [0.1, 0.15) is 24.0 Å². The van der Waals surface area contributed by atoms with Crippen LogP contribution in [0.4, 0.5) is 5.69 Å². The number of hydrogen-bond acceptors (Lipinski definition) is 3. The lowest BCUT2D eigenvalue weighted by molar-refractivity contribution is 0.253. The molecule has 2 rings (SSSR count). The van der Waals surface area contributed by atoms with Crippen molar-refractivity contribution in [3.05, 3.63) is 29.3 Å². The van der Waals surface area contributed by atoms with Gasteiger partial charge in [-0.3, -0.25) is 0 Å². The lowest BCUT2D eigenvalue weighted by Crippen LogP contribution is -2.42. The van der Waals surface area contributed by atoms with Crippen LogP contribution in [-0.2, 0) is 6.54 Å². The molecule has 0 aromatic heterocycles. The number of likely N-dealkylation sites (tertiary alicyclic amines) is 1. The highest BCUT2D eigenvalue weighted by Gasteiger charge is 2.20. The second-order valence-electron chi connectivity index (χ2n) is 5.46. The second-order valence-corrected chi connectivity index (χ2v) is 5.46. The summed E-state index contributed by atoms with van der Waals surface area (Å²) in [7, 11) is 4.42. The zero-order chi connectivity index (χ0) is 13.1. The first kappa shape index (κ1) is 13.4. The molecule has 1 aliphatic rings. The van der Waals surface area contributed by atoms with Gasteiger partial charge in [0.05, 0.1) is 0 Å². The van der Waals surface area contributed by atoms with E-state index >= 15 is 0 Å². The van der Waals surface area contributed by atoms with Crippen LogP contribution >= 0.6 is 0 Å². The van der Waals surface area contributed by atoms with E-state index in [0.29, 0.717) is 12.6 Å². The zero-order valence-electron chi connectivity index (χ0n) is 11.8. The molecule has 0 aliphatic carbocycles. The van der Waals surface area contributed by atoms with Gasteiger partial charge < -0.3 is 15.5 Å².